The van der Waals surface area contributed by atoms with Gasteiger partial charge in [-0.15, -0.1) is 0 Å². The van der Waals surface area contributed by atoms with Gasteiger partial charge in [0.05, 0.1) is 12.8 Å². The van der Waals surface area contributed by atoms with Gasteiger partial charge in [0.1, 0.15) is 11.9 Å². The second-order valence-electron chi connectivity index (χ2n) is 6.75. The van der Waals surface area contributed by atoms with Crippen molar-refractivity contribution in [2.45, 2.75) is 58.0 Å². The molecule has 1 unspecified atom stereocenters. The van der Waals surface area contributed by atoms with E-state index in [9.17, 15) is 0 Å². The average molecular weight is 389 g/mol. The van der Waals surface area contributed by atoms with Crippen LogP contribution < -0.4 is 4.74 Å². The van der Waals surface area contributed by atoms with Crippen LogP contribution in [0.3, 0.4) is 0 Å². The summed E-state index contributed by atoms with van der Waals surface area (Å²) >= 11 is 5.32. The molecule has 27 heavy (non-hydrogen) atoms. The lowest BCUT2D eigenvalue weighted by Gasteiger charge is -2.09. The number of hydrogen-bond acceptors (Lipinski definition) is 5. The molecule has 1 N–H and O–H groups in total. The summed E-state index contributed by atoms with van der Waals surface area (Å²) in [6.07, 6.45) is 9.79. The fraction of sp³-hybridized carbons (Fsp3) is 0.550. The summed E-state index contributed by atoms with van der Waals surface area (Å²) in [4.78, 5) is 0. The molecule has 0 bridgehead atoms. The molecule has 2 aromatic rings. The molecule has 1 aromatic carbocycles. The minimum Gasteiger partial charge on any atom is -0.493 e. The molecule has 1 aromatic heterocycles. The van der Waals surface area contributed by atoms with Gasteiger partial charge in [0, 0.05) is 12.2 Å². The highest BCUT2D eigenvalue weighted by molar-refractivity contribution is 7.71. The first kappa shape index (κ1) is 19.8. The SMILES string of the molecule is CCCCCCCOc1ccccc1/C=N\n1c(C2CCCO2)n[nH]c1=S. The van der Waals surface area contributed by atoms with E-state index in [4.69, 9.17) is 21.7 Å². The van der Waals surface area contributed by atoms with Crippen LogP contribution in [0.5, 0.6) is 5.75 Å². The molecule has 0 aliphatic carbocycles. The number of benzene rings is 1. The van der Waals surface area contributed by atoms with Crippen LogP contribution in [0.25, 0.3) is 0 Å². The molecule has 7 heteroatoms. The third-order valence-electron chi connectivity index (χ3n) is 4.63. The number of aromatic amines is 1. The number of nitrogens with zero attached hydrogens (tertiary/aromatic N) is 3. The highest BCUT2D eigenvalue weighted by Crippen LogP contribution is 2.27. The highest BCUT2D eigenvalue weighted by Gasteiger charge is 2.23. The van der Waals surface area contributed by atoms with E-state index in [1.807, 2.05) is 24.3 Å². The summed E-state index contributed by atoms with van der Waals surface area (Å²) in [5.74, 6) is 1.56. The Morgan fingerprint density at radius 1 is 1.33 bits per heavy atom. The normalized spacial score (nSPS) is 17.0. The third-order valence-corrected chi connectivity index (χ3v) is 4.89. The van der Waals surface area contributed by atoms with Crippen LogP contribution in [0.15, 0.2) is 29.4 Å². The van der Waals surface area contributed by atoms with Crippen molar-refractivity contribution in [1.82, 2.24) is 14.9 Å². The van der Waals surface area contributed by atoms with Crippen LogP contribution >= 0.6 is 12.2 Å². The lowest BCUT2D eigenvalue weighted by molar-refractivity contribution is 0.102. The van der Waals surface area contributed by atoms with Crippen LogP contribution in [0.2, 0.25) is 0 Å². The Morgan fingerprint density at radius 3 is 3.00 bits per heavy atom. The number of nitrogens with one attached hydrogen (secondary N) is 1. The van der Waals surface area contributed by atoms with Gasteiger partial charge in [-0.05, 0) is 43.6 Å². The van der Waals surface area contributed by atoms with E-state index in [2.05, 4.69) is 22.2 Å². The van der Waals surface area contributed by atoms with Crippen molar-refractivity contribution < 1.29 is 9.47 Å². The first-order valence-electron chi connectivity index (χ1n) is 9.84. The van der Waals surface area contributed by atoms with Gasteiger partial charge < -0.3 is 9.47 Å². The van der Waals surface area contributed by atoms with Gasteiger partial charge in [-0.25, -0.2) is 0 Å². The largest absolute Gasteiger partial charge is 0.493 e. The second kappa shape index (κ2) is 10.4. The number of ether oxygens (including phenoxy) is 2. The van der Waals surface area contributed by atoms with Crippen molar-refractivity contribution in [2.75, 3.05) is 13.2 Å². The number of para-hydroxylation sites is 1. The van der Waals surface area contributed by atoms with Gasteiger partial charge in [-0.2, -0.15) is 14.9 Å². The molecule has 0 radical (unpaired) electrons. The van der Waals surface area contributed by atoms with E-state index < -0.39 is 0 Å². The Labute approximate surface area is 165 Å². The van der Waals surface area contributed by atoms with Gasteiger partial charge in [0.25, 0.3) is 0 Å². The zero-order valence-electron chi connectivity index (χ0n) is 15.9. The van der Waals surface area contributed by atoms with Crippen LogP contribution in [-0.2, 0) is 4.74 Å². The van der Waals surface area contributed by atoms with Crippen LogP contribution in [0, 0.1) is 4.77 Å². The molecule has 1 aliphatic rings. The molecule has 1 fully saturated rings. The van der Waals surface area contributed by atoms with E-state index in [-0.39, 0.29) is 6.10 Å². The van der Waals surface area contributed by atoms with Crippen LogP contribution in [-0.4, -0.2) is 34.3 Å². The van der Waals surface area contributed by atoms with Gasteiger partial charge in [-0.1, -0.05) is 44.7 Å². The van der Waals surface area contributed by atoms with E-state index in [0.29, 0.717) is 4.77 Å². The zero-order valence-corrected chi connectivity index (χ0v) is 16.7. The van der Waals surface area contributed by atoms with E-state index in [1.54, 1.807) is 10.9 Å². The number of aromatic nitrogens is 3. The molecule has 1 aliphatic heterocycles. The standard InChI is InChI=1S/C20H28N4O2S/c1-2-3-4-5-8-13-25-17-11-7-6-10-16(17)15-21-24-19(22-23-20(24)27)18-12-9-14-26-18/h6-7,10-11,15,18H,2-5,8-9,12-14H2,1H3,(H,23,27)/b21-15-. The molecular formula is C20H28N4O2S. The topological polar surface area (TPSA) is 64.4 Å². The molecule has 0 saturated carbocycles. The van der Waals surface area contributed by atoms with Crippen molar-refractivity contribution in [3.63, 3.8) is 0 Å². The van der Waals surface area contributed by atoms with E-state index in [1.165, 1.54) is 25.7 Å². The maximum absolute atomic E-state index is 5.97. The van der Waals surface area contributed by atoms with Crippen LogP contribution in [0.4, 0.5) is 0 Å². The third kappa shape index (κ3) is 5.49. The average Bonchev–Trinajstić information content (AvgIpc) is 3.33. The Balaban J connectivity index is 1.66. The maximum Gasteiger partial charge on any atom is 0.216 e. The van der Waals surface area contributed by atoms with Crippen LogP contribution in [0.1, 0.15) is 69.4 Å². The maximum atomic E-state index is 5.97. The minimum absolute atomic E-state index is 0.0512. The fourth-order valence-electron chi connectivity index (χ4n) is 3.13. The molecule has 2 heterocycles. The second-order valence-corrected chi connectivity index (χ2v) is 7.13. The predicted octanol–water partition coefficient (Wildman–Crippen LogP) is 5.02. The molecule has 3 rings (SSSR count). The lowest BCUT2D eigenvalue weighted by Crippen LogP contribution is -2.06. The number of rotatable bonds is 10. The van der Waals surface area contributed by atoms with Crippen molar-refractivity contribution >= 4 is 18.4 Å². The monoisotopic (exact) mass is 388 g/mol. The summed E-state index contributed by atoms with van der Waals surface area (Å²) < 4.78 is 13.8. The number of unbranched alkanes of at least 4 members (excludes halogenated alkanes) is 4. The summed E-state index contributed by atoms with van der Waals surface area (Å²) in [5, 5.41) is 11.7. The lowest BCUT2D eigenvalue weighted by atomic mass is 10.2. The summed E-state index contributed by atoms with van der Waals surface area (Å²) in [6.45, 7) is 3.70. The molecular weight excluding hydrogens is 360 g/mol. The first-order chi connectivity index (χ1) is 13.3. The molecule has 146 valence electrons. The van der Waals surface area contributed by atoms with Crippen molar-refractivity contribution in [3.05, 3.63) is 40.4 Å². The van der Waals surface area contributed by atoms with Crippen molar-refractivity contribution in [1.29, 1.82) is 0 Å². The number of H-pyrrole nitrogens is 1. The predicted molar refractivity (Wildman–Crippen MR) is 109 cm³/mol. The summed E-state index contributed by atoms with van der Waals surface area (Å²) in [5.41, 5.74) is 0.924. The fourth-order valence-corrected chi connectivity index (χ4v) is 3.32. The first-order valence-corrected chi connectivity index (χ1v) is 10.3. The molecule has 0 amide bonds. The summed E-state index contributed by atoms with van der Waals surface area (Å²) in [6, 6.07) is 7.92. The Hall–Kier alpha value is -1.99. The molecule has 0 spiro atoms. The smallest absolute Gasteiger partial charge is 0.216 e. The zero-order chi connectivity index (χ0) is 18.9. The Bertz CT molecular complexity index is 793. The van der Waals surface area contributed by atoms with Gasteiger partial charge in [0.2, 0.25) is 4.77 Å². The van der Waals surface area contributed by atoms with Gasteiger partial charge in [-0.3, -0.25) is 5.10 Å². The quantitative estimate of drug-likeness (QED) is 0.352. The van der Waals surface area contributed by atoms with Gasteiger partial charge in [0.15, 0.2) is 5.82 Å². The van der Waals surface area contributed by atoms with E-state index in [0.717, 1.165) is 49.6 Å². The summed E-state index contributed by atoms with van der Waals surface area (Å²) in [7, 11) is 0. The van der Waals surface area contributed by atoms with Gasteiger partial charge >= 0.3 is 0 Å². The Kier molecular flexibility index (Phi) is 7.59. The van der Waals surface area contributed by atoms with Crippen molar-refractivity contribution in [2.24, 2.45) is 5.10 Å². The molecule has 1 atom stereocenters. The minimum atomic E-state index is -0.0512. The number of hydrogen-bond donors (Lipinski definition) is 1. The Morgan fingerprint density at radius 2 is 2.19 bits per heavy atom. The van der Waals surface area contributed by atoms with E-state index >= 15 is 0 Å². The highest BCUT2D eigenvalue weighted by atomic mass is 32.1. The molecule has 1 saturated heterocycles. The molecule has 6 nitrogen and oxygen atoms in total. The van der Waals surface area contributed by atoms with Crippen molar-refractivity contribution in [3.8, 4) is 5.75 Å².